The van der Waals surface area contributed by atoms with Gasteiger partial charge in [-0.1, -0.05) is 19.1 Å². The maximum absolute atomic E-state index is 13.2. The lowest BCUT2D eigenvalue weighted by atomic mass is 10.1. The molecule has 84 valence electrons. The molecule has 1 atom stereocenters. The number of hydrogen-bond acceptors (Lipinski definition) is 0. The Morgan fingerprint density at radius 2 is 2.20 bits per heavy atom. The van der Waals surface area contributed by atoms with Gasteiger partial charge < -0.3 is 0 Å². The Morgan fingerprint density at radius 1 is 1.47 bits per heavy atom. The molecule has 0 saturated carbocycles. The van der Waals surface area contributed by atoms with E-state index in [1.54, 1.807) is 6.07 Å². The average molecular weight is 294 g/mol. The minimum atomic E-state index is -0.189. The molecule has 0 spiro atoms. The van der Waals surface area contributed by atoms with Crippen LogP contribution in [0.25, 0.3) is 0 Å². The van der Waals surface area contributed by atoms with Gasteiger partial charge in [0.05, 0.1) is 4.47 Å². The smallest absolute Gasteiger partial charge is 0.137 e. The van der Waals surface area contributed by atoms with Gasteiger partial charge in [0.25, 0.3) is 0 Å². The lowest BCUT2D eigenvalue weighted by Crippen LogP contribution is -1.98. The summed E-state index contributed by atoms with van der Waals surface area (Å²) in [6.45, 7) is 2.08. The molecule has 0 aliphatic carbocycles. The van der Waals surface area contributed by atoms with Crippen molar-refractivity contribution in [3.63, 3.8) is 0 Å². The van der Waals surface area contributed by atoms with Crippen molar-refractivity contribution in [1.82, 2.24) is 0 Å². The highest BCUT2D eigenvalue weighted by atomic mass is 79.9. The first-order valence-corrected chi connectivity index (χ1v) is 6.45. The zero-order chi connectivity index (χ0) is 11.3. The molecule has 1 aromatic rings. The van der Waals surface area contributed by atoms with E-state index in [0.717, 1.165) is 31.2 Å². The van der Waals surface area contributed by atoms with Crippen molar-refractivity contribution >= 4 is 27.5 Å². The highest BCUT2D eigenvalue weighted by Gasteiger charge is 2.06. The second-order valence-electron chi connectivity index (χ2n) is 3.61. The molecule has 3 heteroatoms. The van der Waals surface area contributed by atoms with Gasteiger partial charge in [-0.2, -0.15) is 0 Å². The highest BCUT2D eigenvalue weighted by molar-refractivity contribution is 9.10. The fourth-order valence-corrected chi connectivity index (χ4v) is 2.08. The van der Waals surface area contributed by atoms with Crippen molar-refractivity contribution in [2.75, 3.05) is 0 Å². The van der Waals surface area contributed by atoms with Crippen molar-refractivity contribution in [3.8, 4) is 0 Å². The summed E-state index contributed by atoms with van der Waals surface area (Å²) in [5.74, 6) is -0.189. The van der Waals surface area contributed by atoms with Gasteiger partial charge in [0.2, 0.25) is 0 Å². The molecule has 0 radical (unpaired) electrons. The molecule has 0 heterocycles. The van der Waals surface area contributed by atoms with Crippen molar-refractivity contribution in [2.45, 2.75) is 38.0 Å². The van der Waals surface area contributed by atoms with Crippen LogP contribution >= 0.6 is 27.5 Å². The number of rotatable bonds is 5. The van der Waals surface area contributed by atoms with E-state index in [2.05, 4.69) is 22.9 Å². The van der Waals surface area contributed by atoms with E-state index in [4.69, 9.17) is 11.6 Å². The van der Waals surface area contributed by atoms with Gasteiger partial charge >= 0.3 is 0 Å². The van der Waals surface area contributed by atoms with Crippen LogP contribution in [0.4, 0.5) is 4.39 Å². The monoisotopic (exact) mass is 292 g/mol. The molecule has 0 aliphatic heterocycles. The Balaban J connectivity index is 2.47. The Kier molecular flexibility index (Phi) is 5.62. The largest absolute Gasteiger partial charge is 0.206 e. The zero-order valence-electron chi connectivity index (χ0n) is 8.77. The maximum atomic E-state index is 13.2. The fourth-order valence-electron chi connectivity index (χ4n) is 1.46. The third-order valence-corrected chi connectivity index (χ3v) is 3.85. The summed E-state index contributed by atoms with van der Waals surface area (Å²) >= 11 is 9.27. The first kappa shape index (κ1) is 13.0. The van der Waals surface area contributed by atoms with Crippen molar-refractivity contribution < 1.29 is 4.39 Å². The van der Waals surface area contributed by atoms with Gasteiger partial charge in [-0.25, -0.2) is 4.39 Å². The average Bonchev–Trinajstić information content (AvgIpc) is 2.24. The lowest BCUT2D eigenvalue weighted by Gasteiger charge is -2.07. The van der Waals surface area contributed by atoms with Crippen molar-refractivity contribution in [3.05, 3.63) is 34.1 Å². The van der Waals surface area contributed by atoms with Crippen LogP contribution in [0, 0.1) is 5.82 Å². The molecule has 0 bridgehead atoms. The lowest BCUT2D eigenvalue weighted by molar-refractivity contribution is 0.614. The van der Waals surface area contributed by atoms with Crippen molar-refractivity contribution in [2.24, 2.45) is 0 Å². The van der Waals surface area contributed by atoms with Gasteiger partial charge in [-0.15, -0.1) is 11.6 Å². The van der Waals surface area contributed by atoms with Crippen LogP contribution in [-0.4, -0.2) is 5.38 Å². The molecular weight excluding hydrogens is 278 g/mol. The minimum Gasteiger partial charge on any atom is -0.206 e. The van der Waals surface area contributed by atoms with Gasteiger partial charge in [0, 0.05) is 5.38 Å². The number of benzene rings is 1. The molecule has 0 aliphatic rings. The molecule has 1 unspecified atom stereocenters. The second kappa shape index (κ2) is 6.49. The Hall–Kier alpha value is -0.0800. The summed E-state index contributed by atoms with van der Waals surface area (Å²) in [4.78, 5) is 0. The van der Waals surface area contributed by atoms with Crippen LogP contribution in [0.5, 0.6) is 0 Å². The summed E-state index contributed by atoms with van der Waals surface area (Å²) in [7, 11) is 0. The first-order chi connectivity index (χ1) is 7.15. The van der Waals surface area contributed by atoms with E-state index in [1.807, 2.05) is 6.07 Å². The second-order valence-corrected chi connectivity index (χ2v) is 5.02. The number of alkyl halides is 1. The zero-order valence-corrected chi connectivity index (χ0v) is 11.1. The summed E-state index contributed by atoms with van der Waals surface area (Å²) in [5, 5.41) is 0.248. The van der Waals surface area contributed by atoms with Crippen LogP contribution in [0.1, 0.15) is 31.7 Å². The van der Waals surface area contributed by atoms with E-state index < -0.39 is 0 Å². The predicted molar refractivity (Wildman–Crippen MR) is 67.0 cm³/mol. The normalized spacial score (nSPS) is 12.8. The highest BCUT2D eigenvalue weighted by Crippen LogP contribution is 2.22. The molecule has 0 N–H and O–H groups in total. The SMILES string of the molecule is CCC(Cl)CCCc1cccc(F)c1Br. The van der Waals surface area contributed by atoms with Crippen LogP contribution < -0.4 is 0 Å². The van der Waals surface area contributed by atoms with E-state index in [-0.39, 0.29) is 11.2 Å². The quantitative estimate of drug-likeness (QED) is 0.675. The minimum absolute atomic E-state index is 0.189. The molecule has 1 rings (SSSR count). The molecule has 0 aromatic heterocycles. The summed E-state index contributed by atoms with van der Waals surface area (Å²) in [6, 6.07) is 5.15. The Bertz CT molecular complexity index is 314. The maximum Gasteiger partial charge on any atom is 0.137 e. The molecule has 0 nitrogen and oxygen atoms in total. The van der Waals surface area contributed by atoms with E-state index >= 15 is 0 Å². The molecule has 0 saturated heterocycles. The Morgan fingerprint density at radius 3 is 2.87 bits per heavy atom. The predicted octanol–water partition coefficient (Wildman–Crippen LogP) is 4.93. The van der Waals surface area contributed by atoms with Gasteiger partial charge in [-0.05, 0) is 53.2 Å². The summed E-state index contributed by atoms with van der Waals surface area (Å²) in [5.41, 5.74) is 1.02. The fraction of sp³-hybridized carbons (Fsp3) is 0.500. The van der Waals surface area contributed by atoms with Gasteiger partial charge in [0.15, 0.2) is 0 Å². The summed E-state index contributed by atoms with van der Waals surface area (Å²) in [6.07, 6.45) is 3.86. The van der Waals surface area contributed by atoms with Crippen LogP contribution in [0.3, 0.4) is 0 Å². The third-order valence-electron chi connectivity index (χ3n) is 2.44. The topological polar surface area (TPSA) is 0 Å². The van der Waals surface area contributed by atoms with Crippen LogP contribution in [-0.2, 0) is 6.42 Å². The molecular formula is C12H15BrClF. The van der Waals surface area contributed by atoms with Gasteiger partial charge in [-0.3, -0.25) is 0 Å². The first-order valence-electron chi connectivity index (χ1n) is 5.22. The van der Waals surface area contributed by atoms with E-state index in [0.29, 0.717) is 4.47 Å². The van der Waals surface area contributed by atoms with Gasteiger partial charge in [0.1, 0.15) is 5.82 Å². The molecule has 0 fully saturated rings. The third kappa shape index (κ3) is 4.12. The summed E-state index contributed by atoms with van der Waals surface area (Å²) < 4.78 is 13.7. The molecule has 0 amide bonds. The number of aryl methyl sites for hydroxylation is 1. The number of halogens is 3. The molecule has 15 heavy (non-hydrogen) atoms. The Labute approximate surface area is 104 Å². The van der Waals surface area contributed by atoms with Crippen LogP contribution in [0.2, 0.25) is 0 Å². The van der Waals surface area contributed by atoms with Crippen molar-refractivity contribution in [1.29, 1.82) is 0 Å². The van der Waals surface area contributed by atoms with E-state index in [1.165, 1.54) is 6.07 Å². The molecule has 1 aromatic carbocycles. The number of hydrogen-bond donors (Lipinski definition) is 0. The standard InChI is InChI=1S/C12H15BrClF/c1-2-10(14)7-3-5-9-6-4-8-11(15)12(9)13/h4,6,8,10H,2-3,5,7H2,1H3. The van der Waals surface area contributed by atoms with E-state index in [9.17, 15) is 4.39 Å². The van der Waals surface area contributed by atoms with Crippen LogP contribution in [0.15, 0.2) is 22.7 Å².